The fraction of sp³-hybridized carbons (Fsp3) is 0.778. The molecule has 1 saturated heterocycles. The molecule has 70 valence electrons. The van der Waals surface area contributed by atoms with Crippen LogP contribution in [0.1, 0.15) is 19.3 Å². The van der Waals surface area contributed by atoms with Crippen LogP contribution in [0.2, 0.25) is 0 Å². The van der Waals surface area contributed by atoms with E-state index in [9.17, 15) is 10.2 Å². The van der Waals surface area contributed by atoms with Gasteiger partial charge >= 0.3 is 0 Å². The molecule has 2 N–H and O–H groups in total. The summed E-state index contributed by atoms with van der Waals surface area (Å²) < 4.78 is 0. The molecule has 0 aromatic carbocycles. The molecule has 0 unspecified atom stereocenters. The molecular formula is C9H17NO2. The van der Waals surface area contributed by atoms with Crippen LogP contribution in [0.5, 0.6) is 0 Å². The molecule has 0 amide bonds. The Bertz CT molecular complexity index is 151. The van der Waals surface area contributed by atoms with E-state index in [4.69, 9.17) is 0 Å². The lowest BCUT2D eigenvalue weighted by atomic mass is 10.1. The van der Waals surface area contributed by atoms with Gasteiger partial charge in [0.05, 0.1) is 6.54 Å². The summed E-state index contributed by atoms with van der Waals surface area (Å²) in [6.07, 6.45) is 4.76. The van der Waals surface area contributed by atoms with Crippen LogP contribution < -0.4 is 0 Å². The second kappa shape index (κ2) is 4.03. The van der Waals surface area contributed by atoms with Crippen LogP contribution in [-0.2, 0) is 0 Å². The lowest BCUT2D eigenvalue weighted by Crippen LogP contribution is -2.43. The average molecular weight is 171 g/mol. The highest BCUT2D eigenvalue weighted by molar-refractivity contribution is 4.88. The Hall–Kier alpha value is -0.380. The number of hydrogen-bond acceptors (Lipinski definition) is 3. The minimum Gasteiger partial charge on any atom is -0.361 e. The summed E-state index contributed by atoms with van der Waals surface area (Å²) in [5.74, 6) is -1.71. The van der Waals surface area contributed by atoms with E-state index >= 15 is 0 Å². The molecule has 1 rings (SSSR count). The van der Waals surface area contributed by atoms with Gasteiger partial charge in [0, 0.05) is 0 Å². The van der Waals surface area contributed by atoms with E-state index in [1.54, 1.807) is 0 Å². The lowest BCUT2D eigenvalue weighted by Gasteiger charge is -2.30. The van der Waals surface area contributed by atoms with E-state index in [-0.39, 0.29) is 6.54 Å². The van der Waals surface area contributed by atoms with Gasteiger partial charge in [0.1, 0.15) is 0 Å². The number of piperidine rings is 1. The summed E-state index contributed by atoms with van der Waals surface area (Å²) in [5, 5.41) is 18.5. The molecule has 3 nitrogen and oxygen atoms in total. The van der Waals surface area contributed by atoms with Crippen molar-refractivity contribution in [2.45, 2.75) is 25.0 Å². The molecule has 0 aliphatic carbocycles. The van der Waals surface area contributed by atoms with Crippen LogP contribution in [0, 0.1) is 0 Å². The van der Waals surface area contributed by atoms with Crippen molar-refractivity contribution in [3.8, 4) is 0 Å². The van der Waals surface area contributed by atoms with Crippen LogP contribution in [0.15, 0.2) is 12.7 Å². The third kappa shape index (κ3) is 2.93. The van der Waals surface area contributed by atoms with Crippen molar-refractivity contribution in [2.75, 3.05) is 19.6 Å². The molecular weight excluding hydrogens is 154 g/mol. The molecule has 0 atom stereocenters. The molecule has 3 heteroatoms. The summed E-state index contributed by atoms with van der Waals surface area (Å²) >= 11 is 0. The topological polar surface area (TPSA) is 43.7 Å². The zero-order chi connectivity index (χ0) is 9.03. The van der Waals surface area contributed by atoms with E-state index in [2.05, 4.69) is 11.5 Å². The van der Waals surface area contributed by atoms with Gasteiger partial charge in [0.2, 0.25) is 0 Å². The van der Waals surface area contributed by atoms with Gasteiger partial charge in [-0.3, -0.25) is 4.90 Å². The molecule has 12 heavy (non-hydrogen) atoms. The van der Waals surface area contributed by atoms with E-state index in [1.807, 2.05) is 0 Å². The number of aliphatic hydroxyl groups is 2. The van der Waals surface area contributed by atoms with Crippen LogP contribution in [0.25, 0.3) is 0 Å². The van der Waals surface area contributed by atoms with E-state index in [0.717, 1.165) is 25.9 Å². The van der Waals surface area contributed by atoms with Gasteiger partial charge in [0.15, 0.2) is 5.79 Å². The smallest absolute Gasteiger partial charge is 0.195 e. The number of β-amino-alcohol motifs (C(OH)–C–C–N with tert-alkyl or cyclic N) is 2. The predicted molar refractivity (Wildman–Crippen MR) is 47.7 cm³/mol. The molecule has 1 fully saturated rings. The SMILES string of the molecule is C=CC(O)(O)CN1CCCCC1. The van der Waals surface area contributed by atoms with Crippen LogP contribution >= 0.6 is 0 Å². The Kier molecular flexibility index (Phi) is 3.26. The van der Waals surface area contributed by atoms with Gasteiger partial charge in [-0.1, -0.05) is 13.0 Å². The number of rotatable bonds is 3. The summed E-state index contributed by atoms with van der Waals surface area (Å²) in [6.45, 7) is 5.60. The standard InChI is InChI=1S/C9H17NO2/c1-2-9(11,12)8-10-6-4-3-5-7-10/h2,11-12H,1,3-8H2. The maximum atomic E-state index is 9.27. The molecule has 1 aliphatic heterocycles. The van der Waals surface area contributed by atoms with Crippen molar-refractivity contribution in [1.82, 2.24) is 4.90 Å². The van der Waals surface area contributed by atoms with Crippen LogP contribution in [-0.4, -0.2) is 40.5 Å². The van der Waals surface area contributed by atoms with Crippen molar-refractivity contribution < 1.29 is 10.2 Å². The first-order chi connectivity index (χ1) is 5.64. The van der Waals surface area contributed by atoms with Crippen molar-refractivity contribution >= 4 is 0 Å². The molecule has 0 saturated carbocycles. The lowest BCUT2D eigenvalue weighted by molar-refractivity contribution is -0.135. The third-order valence-corrected chi connectivity index (χ3v) is 2.23. The zero-order valence-corrected chi connectivity index (χ0v) is 7.37. The maximum Gasteiger partial charge on any atom is 0.195 e. The minimum atomic E-state index is -1.71. The Morgan fingerprint density at radius 3 is 2.33 bits per heavy atom. The molecule has 1 aliphatic rings. The van der Waals surface area contributed by atoms with Crippen molar-refractivity contribution in [1.29, 1.82) is 0 Å². The average Bonchev–Trinajstić information content (AvgIpc) is 2.06. The van der Waals surface area contributed by atoms with Crippen LogP contribution in [0.4, 0.5) is 0 Å². The monoisotopic (exact) mass is 171 g/mol. The van der Waals surface area contributed by atoms with Gasteiger partial charge in [-0.05, 0) is 32.0 Å². The first-order valence-corrected chi connectivity index (χ1v) is 4.45. The fourth-order valence-corrected chi connectivity index (χ4v) is 1.51. The summed E-state index contributed by atoms with van der Waals surface area (Å²) in [6, 6.07) is 0. The Morgan fingerprint density at radius 2 is 1.83 bits per heavy atom. The normalized spacial score (nSPS) is 20.8. The molecule has 0 radical (unpaired) electrons. The quantitative estimate of drug-likeness (QED) is 0.475. The highest BCUT2D eigenvalue weighted by Crippen LogP contribution is 2.12. The summed E-state index contributed by atoms with van der Waals surface area (Å²) in [7, 11) is 0. The first kappa shape index (κ1) is 9.71. The Labute approximate surface area is 73.3 Å². The van der Waals surface area contributed by atoms with Crippen molar-refractivity contribution in [3.05, 3.63) is 12.7 Å². The highest BCUT2D eigenvalue weighted by Gasteiger charge is 2.23. The number of nitrogens with zero attached hydrogens (tertiary/aromatic N) is 1. The molecule has 0 aromatic heterocycles. The fourth-order valence-electron chi connectivity index (χ4n) is 1.51. The van der Waals surface area contributed by atoms with E-state index in [1.165, 1.54) is 12.5 Å². The van der Waals surface area contributed by atoms with Gasteiger partial charge in [0.25, 0.3) is 0 Å². The highest BCUT2D eigenvalue weighted by atomic mass is 16.5. The van der Waals surface area contributed by atoms with E-state index in [0.29, 0.717) is 0 Å². The summed E-state index contributed by atoms with van der Waals surface area (Å²) in [5.41, 5.74) is 0. The second-order valence-electron chi connectivity index (χ2n) is 3.42. The van der Waals surface area contributed by atoms with Gasteiger partial charge in [-0.25, -0.2) is 0 Å². The van der Waals surface area contributed by atoms with Crippen molar-refractivity contribution in [2.24, 2.45) is 0 Å². The molecule has 0 aromatic rings. The zero-order valence-electron chi connectivity index (χ0n) is 7.37. The predicted octanol–water partition coefficient (Wildman–Crippen LogP) is 0.339. The van der Waals surface area contributed by atoms with Crippen molar-refractivity contribution in [3.63, 3.8) is 0 Å². The third-order valence-electron chi connectivity index (χ3n) is 2.23. The number of likely N-dealkylation sites (tertiary alicyclic amines) is 1. The Balaban J connectivity index is 2.33. The van der Waals surface area contributed by atoms with Gasteiger partial charge in [-0.15, -0.1) is 0 Å². The maximum absolute atomic E-state index is 9.27. The Morgan fingerprint density at radius 1 is 1.25 bits per heavy atom. The molecule has 0 bridgehead atoms. The van der Waals surface area contributed by atoms with Crippen LogP contribution in [0.3, 0.4) is 0 Å². The minimum absolute atomic E-state index is 0.288. The molecule has 1 heterocycles. The van der Waals surface area contributed by atoms with Gasteiger partial charge in [-0.2, -0.15) is 0 Å². The van der Waals surface area contributed by atoms with E-state index < -0.39 is 5.79 Å². The summed E-state index contributed by atoms with van der Waals surface area (Å²) in [4.78, 5) is 2.06. The first-order valence-electron chi connectivity index (χ1n) is 4.45. The molecule has 0 spiro atoms. The second-order valence-corrected chi connectivity index (χ2v) is 3.42. The van der Waals surface area contributed by atoms with Gasteiger partial charge < -0.3 is 10.2 Å². The largest absolute Gasteiger partial charge is 0.361 e. The number of hydrogen-bond donors (Lipinski definition) is 2.